The third kappa shape index (κ3) is 3.93. The Kier molecular flexibility index (Phi) is 5.33. The molecule has 1 aromatic heterocycles. The van der Waals surface area contributed by atoms with Gasteiger partial charge in [0.2, 0.25) is 5.91 Å². The largest absolute Gasteiger partial charge is 0.381 e. The molecular weight excluding hydrogens is 292 g/mol. The van der Waals surface area contributed by atoms with Crippen LogP contribution >= 0.6 is 0 Å². The van der Waals surface area contributed by atoms with Gasteiger partial charge in [0, 0.05) is 51.2 Å². The predicted octanol–water partition coefficient (Wildman–Crippen LogP) is 1.53. The lowest BCUT2D eigenvalue weighted by Gasteiger charge is -2.24. The van der Waals surface area contributed by atoms with E-state index in [1.165, 1.54) is 0 Å². The number of hydrogen-bond donors (Lipinski definition) is 0. The Morgan fingerprint density at radius 3 is 2.96 bits per heavy atom. The lowest BCUT2D eigenvalue weighted by atomic mass is 10.1. The maximum absolute atomic E-state index is 12.5. The Morgan fingerprint density at radius 2 is 2.22 bits per heavy atom. The maximum Gasteiger partial charge on any atom is 0.228 e. The van der Waals surface area contributed by atoms with E-state index in [0.29, 0.717) is 12.6 Å². The van der Waals surface area contributed by atoms with Gasteiger partial charge in [-0.3, -0.25) is 9.69 Å². The van der Waals surface area contributed by atoms with Crippen LogP contribution in [-0.4, -0.2) is 64.7 Å². The number of ether oxygens (including phenoxy) is 1. The second-order valence-corrected chi connectivity index (χ2v) is 6.86. The van der Waals surface area contributed by atoms with Gasteiger partial charge in [-0.2, -0.15) is 0 Å². The number of imidazole rings is 1. The quantitative estimate of drug-likeness (QED) is 0.844. The van der Waals surface area contributed by atoms with E-state index >= 15 is 0 Å². The zero-order valence-corrected chi connectivity index (χ0v) is 14.3. The van der Waals surface area contributed by atoms with Crippen molar-refractivity contribution < 1.29 is 9.53 Å². The van der Waals surface area contributed by atoms with Crippen molar-refractivity contribution in [1.82, 2.24) is 19.4 Å². The number of amides is 1. The van der Waals surface area contributed by atoms with Crippen LogP contribution in [0.3, 0.4) is 0 Å². The Balaban J connectivity index is 1.56. The van der Waals surface area contributed by atoms with E-state index in [2.05, 4.69) is 28.3 Å². The minimum atomic E-state index is 0.0846. The first-order chi connectivity index (χ1) is 11.1. The molecule has 0 N–H and O–H groups in total. The van der Waals surface area contributed by atoms with Crippen molar-refractivity contribution in [1.29, 1.82) is 0 Å². The Morgan fingerprint density at radius 1 is 1.35 bits per heavy atom. The summed E-state index contributed by atoms with van der Waals surface area (Å²) in [6.45, 7) is 10.2. The molecule has 0 saturated carbocycles. The molecule has 3 rings (SSSR count). The average Bonchev–Trinajstić information content (AvgIpc) is 3.16. The summed E-state index contributed by atoms with van der Waals surface area (Å²) in [6, 6.07) is 0.430. The van der Waals surface area contributed by atoms with Crippen molar-refractivity contribution in [2.24, 2.45) is 5.92 Å². The molecule has 6 nitrogen and oxygen atoms in total. The second kappa shape index (κ2) is 7.45. The summed E-state index contributed by atoms with van der Waals surface area (Å²) < 4.78 is 7.58. The van der Waals surface area contributed by atoms with Crippen LogP contribution in [0.25, 0.3) is 0 Å². The highest BCUT2D eigenvalue weighted by molar-refractivity contribution is 5.79. The normalized spacial score (nSPS) is 23.4. The molecule has 2 aliphatic rings. The number of hydrogen-bond acceptors (Lipinski definition) is 4. The van der Waals surface area contributed by atoms with Gasteiger partial charge < -0.3 is 14.2 Å². The Bertz CT molecular complexity index is 522. The molecule has 0 bridgehead atoms. The van der Waals surface area contributed by atoms with Gasteiger partial charge in [-0.1, -0.05) is 0 Å². The molecule has 0 radical (unpaired) electrons. The van der Waals surface area contributed by atoms with Crippen LogP contribution in [0.2, 0.25) is 0 Å². The van der Waals surface area contributed by atoms with E-state index in [1.54, 1.807) is 0 Å². The molecule has 2 saturated heterocycles. The molecule has 0 aliphatic carbocycles. The molecule has 0 spiro atoms. The van der Waals surface area contributed by atoms with Gasteiger partial charge in [-0.15, -0.1) is 0 Å². The van der Waals surface area contributed by atoms with Gasteiger partial charge >= 0.3 is 0 Å². The topological polar surface area (TPSA) is 50.6 Å². The van der Waals surface area contributed by atoms with Crippen LogP contribution in [0.15, 0.2) is 12.4 Å². The van der Waals surface area contributed by atoms with Crippen molar-refractivity contribution >= 4 is 5.91 Å². The van der Waals surface area contributed by atoms with Crippen molar-refractivity contribution in [3.8, 4) is 0 Å². The fraction of sp³-hybridized carbons (Fsp3) is 0.765. The molecular formula is C17H28N4O2. The first-order valence-electron chi connectivity index (χ1n) is 8.75. The zero-order chi connectivity index (χ0) is 16.2. The summed E-state index contributed by atoms with van der Waals surface area (Å²) in [5.41, 5.74) is 0. The van der Waals surface area contributed by atoms with Crippen molar-refractivity contribution in [3.05, 3.63) is 18.2 Å². The van der Waals surface area contributed by atoms with E-state index in [-0.39, 0.29) is 11.8 Å². The van der Waals surface area contributed by atoms with Gasteiger partial charge in [0.1, 0.15) is 5.82 Å². The highest BCUT2D eigenvalue weighted by Crippen LogP contribution is 2.18. The number of nitrogens with zero attached hydrogens (tertiary/aromatic N) is 4. The summed E-state index contributed by atoms with van der Waals surface area (Å²) in [5, 5.41) is 0. The lowest BCUT2D eigenvalue weighted by molar-refractivity contribution is -0.135. The van der Waals surface area contributed by atoms with Crippen LogP contribution in [0.1, 0.15) is 38.6 Å². The second-order valence-electron chi connectivity index (χ2n) is 6.86. The van der Waals surface area contributed by atoms with E-state index in [9.17, 15) is 4.79 Å². The molecule has 2 aliphatic heterocycles. The zero-order valence-electron chi connectivity index (χ0n) is 14.3. The fourth-order valence-corrected chi connectivity index (χ4v) is 3.47. The van der Waals surface area contributed by atoms with Crippen LogP contribution in [0, 0.1) is 5.92 Å². The smallest absolute Gasteiger partial charge is 0.228 e. The van der Waals surface area contributed by atoms with E-state index in [1.807, 2.05) is 17.3 Å². The van der Waals surface area contributed by atoms with E-state index < -0.39 is 0 Å². The molecule has 1 unspecified atom stereocenters. The van der Waals surface area contributed by atoms with Gasteiger partial charge in [-0.25, -0.2) is 4.98 Å². The van der Waals surface area contributed by atoms with Crippen molar-refractivity contribution in [2.75, 3.05) is 39.4 Å². The highest BCUT2D eigenvalue weighted by Gasteiger charge is 2.29. The number of carbonyl (C=O) groups excluding carboxylic acids is 1. The molecule has 6 heteroatoms. The van der Waals surface area contributed by atoms with Crippen molar-refractivity contribution in [2.45, 2.75) is 39.3 Å². The summed E-state index contributed by atoms with van der Waals surface area (Å²) in [6.07, 6.45) is 5.84. The van der Waals surface area contributed by atoms with Crippen LogP contribution < -0.4 is 0 Å². The van der Waals surface area contributed by atoms with Gasteiger partial charge in [0.15, 0.2) is 0 Å². The van der Waals surface area contributed by atoms with Crippen LogP contribution in [0.5, 0.6) is 0 Å². The summed E-state index contributed by atoms with van der Waals surface area (Å²) >= 11 is 0. The van der Waals surface area contributed by atoms with Crippen LogP contribution in [0.4, 0.5) is 0 Å². The standard InChI is InChI=1S/C17H28N4O2/c1-14(2)21-8-5-18-16(21)12-19-6-3-7-20(10-9-19)17(22)15-4-11-23-13-15/h5,8,14-15H,3-4,6-7,9-13H2,1-2H3. The average molecular weight is 320 g/mol. The minimum absolute atomic E-state index is 0.0846. The van der Waals surface area contributed by atoms with E-state index in [4.69, 9.17) is 4.74 Å². The minimum Gasteiger partial charge on any atom is -0.381 e. The fourth-order valence-electron chi connectivity index (χ4n) is 3.47. The molecule has 0 aromatic carbocycles. The van der Waals surface area contributed by atoms with Crippen molar-refractivity contribution in [3.63, 3.8) is 0 Å². The monoisotopic (exact) mass is 320 g/mol. The predicted molar refractivity (Wildman–Crippen MR) is 88.0 cm³/mol. The van der Waals surface area contributed by atoms with Gasteiger partial charge in [0.25, 0.3) is 0 Å². The molecule has 1 atom stereocenters. The highest BCUT2D eigenvalue weighted by atomic mass is 16.5. The molecule has 23 heavy (non-hydrogen) atoms. The van der Waals surface area contributed by atoms with Gasteiger partial charge in [-0.05, 0) is 26.7 Å². The molecule has 2 fully saturated rings. The molecule has 1 aromatic rings. The lowest BCUT2D eigenvalue weighted by Crippen LogP contribution is -2.39. The molecule has 3 heterocycles. The first-order valence-corrected chi connectivity index (χ1v) is 8.75. The summed E-state index contributed by atoms with van der Waals surface area (Å²) in [7, 11) is 0. The molecule has 128 valence electrons. The van der Waals surface area contributed by atoms with E-state index in [0.717, 1.165) is 58.0 Å². The third-order valence-corrected chi connectivity index (χ3v) is 4.85. The third-order valence-electron chi connectivity index (χ3n) is 4.85. The first kappa shape index (κ1) is 16.5. The number of rotatable bonds is 4. The Hall–Kier alpha value is -1.40. The summed E-state index contributed by atoms with van der Waals surface area (Å²) in [5.74, 6) is 1.48. The number of carbonyl (C=O) groups is 1. The van der Waals surface area contributed by atoms with Gasteiger partial charge in [0.05, 0.1) is 19.1 Å². The SMILES string of the molecule is CC(C)n1ccnc1CN1CCCN(C(=O)C2CCOC2)CC1. The molecule has 1 amide bonds. The van der Waals surface area contributed by atoms with Crippen LogP contribution in [-0.2, 0) is 16.1 Å². The number of aromatic nitrogens is 2. The Labute approximate surface area is 138 Å². The summed E-state index contributed by atoms with van der Waals surface area (Å²) in [4.78, 5) is 21.5. The maximum atomic E-state index is 12.5.